The van der Waals surface area contributed by atoms with Gasteiger partial charge in [-0.25, -0.2) is 12.8 Å². The standard InChI is InChI=1S/C11H8ClFN2O2S/c12-8-5-10(7-14-6-8)15-18(16,17)11-3-1-9(13)2-4-11/h1-7,15H. The van der Waals surface area contributed by atoms with E-state index in [1.54, 1.807) is 0 Å². The first kappa shape index (κ1) is 12.8. The van der Waals surface area contributed by atoms with Gasteiger partial charge < -0.3 is 0 Å². The Morgan fingerprint density at radius 2 is 1.83 bits per heavy atom. The molecule has 1 N–H and O–H groups in total. The second kappa shape index (κ2) is 4.91. The number of pyridine rings is 1. The minimum atomic E-state index is -3.76. The van der Waals surface area contributed by atoms with Crippen molar-refractivity contribution in [1.29, 1.82) is 0 Å². The summed E-state index contributed by atoms with van der Waals surface area (Å²) in [5.74, 6) is -0.502. The molecule has 0 saturated carbocycles. The van der Waals surface area contributed by atoms with Crippen molar-refractivity contribution in [3.63, 3.8) is 0 Å². The fraction of sp³-hybridized carbons (Fsp3) is 0. The molecule has 1 aromatic heterocycles. The van der Waals surface area contributed by atoms with Crippen molar-refractivity contribution in [3.05, 3.63) is 53.6 Å². The van der Waals surface area contributed by atoms with Crippen molar-refractivity contribution >= 4 is 27.3 Å². The molecule has 4 nitrogen and oxygen atoms in total. The van der Waals surface area contributed by atoms with Gasteiger partial charge in [-0.2, -0.15) is 0 Å². The maximum absolute atomic E-state index is 12.7. The maximum Gasteiger partial charge on any atom is 0.261 e. The smallest absolute Gasteiger partial charge is 0.261 e. The van der Waals surface area contributed by atoms with E-state index in [9.17, 15) is 12.8 Å². The first-order valence-corrected chi connectivity index (χ1v) is 6.72. The van der Waals surface area contributed by atoms with E-state index in [0.29, 0.717) is 5.02 Å². The quantitative estimate of drug-likeness (QED) is 0.944. The summed E-state index contributed by atoms with van der Waals surface area (Å²) in [5.41, 5.74) is 0.242. The average Bonchev–Trinajstić information content (AvgIpc) is 2.29. The van der Waals surface area contributed by atoms with Gasteiger partial charge in [0.1, 0.15) is 5.82 Å². The number of nitrogens with one attached hydrogen (secondary N) is 1. The Hall–Kier alpha value is -1.66. The third kappa shape index (κ3) is 2.96. The number of hydrogen-bond donors (Lipinski definition) is 1. The third-order valence-corrected chi connectivity index (χ3v) is 3.68. The van der Waals surface area contributed by atoms with Crippen LogP contribution in [0.2, 0.25) is 5.02 Å². The molecule has 0 aliphatic rings. The van der Waals surface area contributed by atoms with E-state index >= 15 is 0 Å². The number of anilines is 1. The Labute approximate surface area is 108 Å². The zero-order valence-electron chi connectivity index (χ0n) is 8.97. The van der Waals surface area contributed by atoms with Gasteiger partial charge >= 0.3 is 0 Å². The second-order valence-corrected chi connectivity index (χ2v) is 5.57. The molecule has 0 spiro atoms. The fourth-order valence-corrected chi connectivity index (χ4v) is 2.50. The van der Waals surface area contributed by atoms with Crippen LogP contribution in [0.3, 0.4) is 0 Å². The molecule has 7 heteroatoms. The predicted octanol–water partition coefficient (Wildman–Crippen LogP) is 2.67. The zero-order valence-corrected chi connectivity index (χ0v) is 10.5. The van der Waals surface area contributed by atoms with Crippen molar-refractivity contribution in [2.75, 3.05) is 4.72 Å². The molecule has 94 valence electrons. The minimum absolute atomic E-state index is 0.0381. The highest BCUT2D eigenvalue weighted by molar-refractivity contribution is 7.92. The van der Waals surface area contributed by atoms with Crippen LogP contribution < -0.4 is 4.72 Å². The van der Waals surface area contributed by atoms with Crippen molar-refractivity contribution in [3.8, 4) is 0 Å². The highest BCUT2D eigenvalue weighted by atomic mass is 35.5. The fourth-order valence-electron chi connectivity index (χ4n) is 1.30. The molecule has 0 radical (unpaired) electrons. The highest BCUT2D eigenvalue weighted by Gasteiger charge is 2.14. The van der Waals surface area contributed by atoms with Gasteiger partial charge in [0.05, 0.1) is 21.8 Å². The molecule has 1 aromatic carbocycles. The summed E-state index contributed by atoms with van der Waals surface area (Å²) in [4.78, 5) is 3.72. The van der Waals surface area contributed by atoms with Gasteiger partial charge in [-0.05, 0) is 30.3 Å². The van der Waals surface area contributed by atoms with E-state index in [-0.39, 0.29) is 10.6 Å². The third-order valence-electron chi connectivity index (χ3n) is 2.08. The van der Waals surface area contributed by atoms with Gasteiger partial charge in [0, 0.05) is 6.20 Å². The van der Waals surface area contributed by atoms with E-state index in [1.807, 2.05) is 0 Å². The van der Waals surface area contributed by atoms with Crippen LogP contribution in [0.15, 0.2) is 47.6 Å². The number of aromatic nitrogens is 1. The van der Waals surface area contributed by atoms with Crippen LogP contribution in [0, 0.1) is 5.82 Å². The summed E-state index contributed by atoms with van der Waals surface area (Å²) in [7, 11) is -3.76. The van der Waals surface area contributed by atoms with Gasteiger partial charge in [-0.3, -0.25) is 9.71 Å². The predicted molar refractivity (Wildman–Crippen MR) is 66.5 cm³/mol. The second-order valence-electron chi connectivity index (χ2n) is 3.45. The molecule has 2 aromatic rings. The summed E-state index contributed by atoms with van der Waals surface area (Å²) in [6, 6.07) is 5.93. The molecule has 0 saturated heterocycles. The van der Waals surface area contributed by atoms with E-state index in [0.717, 1.165) is 12.1 Å². The van der Waals surface area contributed by atoms with E-state index in [1.165, 1.54) is 30.6 Å². The van der Waals surface area contributed by atoms with Crippen LogP contribution in [-0.4, -0.2) is 13.4 Å². The Morgan fingerprint density at radius 3 is 2.44 bits per heavy atom. The lowest BCUT2D eigenvalue weighted by Gasteiger charge is -2.07. The summed E-state index contributed by atoms with van der Waals surface area (Å²) < 4.78 is 38.8. The van der Waals surface area contributed by atoms with Crippen molar-refractivity contribution in [2.24, 2.45) is 0 Å². The maximum atomic E-state index is 12.7. The van der Waals surface area contributed by atoms with Crippen LogP contribution in [0.5, 0.6) is 0 Å². The molecular weight excluding hydrogens is 279 g/mol. The van der Waals surface area contributed by atoms with Crippen LogP contribution in [0.4, 0.5) is 10.1 Å². The van der Waals surface area contributed by atoms with Crippen LogP contribution in [0.1, 0.15) is 0 Å². The van der Waals surface area contributed by atoms with E-state index in [4.69, 9.17) is 11.6 Å². The Balaban J connectivity index is 2.30. The number of rotatable bonds is 3. The summed E-state index contributed by atoms with van der Waals surface area (Å²) in [6.45, 7) is 0. The monoisotopic (exact) mass is 286 g/mol. The molecule has 1 heterocycles. The van der Waals surface area contributed by atoms with Crippen molar-refractivity contribution < 1.29 is 12.8 Å². The molecule has 18 heavy (non-hydrogen) atoms. The van der Waals surface area contributed by atoms with E-state index < -0.39 is 15.8 Å². The molecule has 0 amide bonds. The SMILES string of the molecule is O=S(=O)(Nc1cncc(Cl)c1)c1ccc(F)cc1. The van der Waals surface area contributed by atoms with Crippen molar-refractivity contribution in [1.82, 2.24) is 4.98 Å². The van der Waals surface area contributed by atoms with Crippen LogP contribution in [0.25, 0.3) is 0 Å². The van der Waals surface area contributed by atoms with Gasteiger partial charge in [0.2, 0.25) is 0 Å². The van der Waals surface area contributed by atoms with Crippen molar-refractivity contribution in [2.45, 2.75) is 4.90 Å². The summed E-state index contributed by atoms with van der Waals surface area (Å²) in [5, 5.41) is 0.314. The first-order valence-electron chi connectivity index (χ1n) is 4.86. The van der Waals surface area contributed by atoms with Gasteiger partial charge in [0.25, 0.3) is 10.0 Å². The summed E-state index contributed by atoms with van der Waals surface area (Å²) >= 11 is 5.69. The lowest BCUT2D eigenvalue weighted by Crippen LogP contribution is -2.13. The molecule has 0 atom stereocenters. The number of sulfonamides is 1. The molecule has 0 aliphatic carbocycles. The number of hydrogen-bond acceptors (Lipinski definition) is 3. The Bertz CT molecular complexity index is 659. The summed E-state index contributed by atoms with van der Waals surface area (Å²) in [6.07, 6.45) is 2.71. The lowest BCUT2D eigenvalue weighted by molar-refractivity contribution is 0.599. The van der Waals surface area contributed by atoms with Gasteiger partial charge in [0.15, 0.2) is 0 Å². The lowest BCUT2D eigenvalue weighted by atomic mass is 10.4. The minimum Gasteiger partial charge on any atom is -0.278 e. The highest BCUT2D eigenvalue weighted by Crippen LogP contribution is 2.18. The van der Waals surface area contributed by atoms with Gasteiger partial charge in [-0.15, -0.1) is 0 Å². The number of halogens is 2. The molecular formula is C11H8ClFN2O2S. The molecule has 2 rings (SSSR count). The largest absolute Gasteiger partial charge is 0.278 e. The topological polar surface area (TPSA) is 59.1 Å². The number of benzene rings is 1. The first-order chi connectivity index (χ1) is 8.47. The van der Waals surface area contributed by atoms with Crippen LogP contribution in [-0.2, 0) is 10.0 Å². The average molecular weight is 287 g/mol. The van der Waals surface area contributed by atoms with E-state index in [2.05, 4.69) is 9.71 Å². The Kier molecular flexibility index (Phi) is 3.49. The van der Waals surface area contributed by atoms with Crippen LogP contribution >= 0.6 is 11.6 Å². The number of nitrogens with zero attached hydrogens (tertiary/aromatic N) is 1. The normalized spacial score (nSPS) is 11.2. The molecule has 0 fully saturated rings. The van der Waals surface area contributed by atoms with Gasteiger partial charge in [-0.1, -0.05) is 11.6 Å². The zero-order chi connectivity index (χ0) is 13.2. The Morgan fingerprint density at radius 1 is 1.17 bits per heavy atom. The molecule has 0 unspecified atom stereocenters. The molecule has 0 bridgehead atoms. The molecule has 0 aliphatic heterocycles.